The average Bonchev–Trinajstić information content (AvgIpc) is 2.31. The minimum Gasteiger partial charge on any atom is -0.439 e. The SMILES string of the molecule is Cc1cc(C(=N)N)cc(Oc2ccc(Br)cc2)n1. The van der Waals surface area contributed by atoms with Gasteiger partial charge >= 0.3 is 0 Å². The molecule has 2 aromatic rings. The van der Waals surface area contributed by atoms with Crippen molar-refractivity contribution < 1.29 is 4.74 Å². The van der Waals surface area contributed by atoms with Gasteiger partial charge in [0.25, 0.3) is 0 Å². The van der Waals surface area contributed by atoms with Crippen LogP contribution in [-0.4, -0.2) is 10.8 Å². The number of hydrogen-bond donors (Lipinski definition) is 2. The van der Waals surface area contributed by atoms with Crippen LogP contribution in [-0.2, 0) is 0 Å². The molecule has 0 amide bonds. The van der Waals surface area contributed by atoms with Crippen molar-refractivity contribution in [3.8, 4) is 11.6 Å². The number of amidine groups is 1. The fraction of sp³-hybridized carbons (Fsp3) is 0.0769. The summed E-state index contributed by atoms with van der Waals surface area (Å²) in [4.78, 5) is 4.25. The average molecular weight is 306 g/mol. The molecule has 0 unspecified atom stereocenters. The molecule has 0 saturated heterocycles. The fourth-order valence-electron chi connectivity index (χ4n) is 1.47. The summed E-state index contributed by atoms with van der Waals surface area (Å²) in [6, 6.07) is 10.8. The minimum atomic E-state index is 0.00107. The number of halogens is 1. The maximum Gasteiger partial charge on any atom is 0.220 e. The normalized spacial score (nSPS) is 10.1. The second-order valence-corrected chi connectivity index (χ2v) is 4.72. The van der Waals surface area contributed by atoms with Crippen LogP contribution in [0.1, 0.15) is 11.3 Å². The van der Waals surface area contributed by atoms with Crippen molar-refractivity contribution in [2.24, 2.45) is 5.73 Å². The van der Waals surface area contributed by atoms with Crippen LogP contribution >= 0.6 is 15.9 Å². The summed E-state index contributed by atoms with van der Waals surface area (Å²) in [7, 11) is 0. The molecule has 0 spiro atoms. The topological polar surface area (TPSA) is 72.0 Å². The summed E-state index contributed by atoms with van der Waals surface area (Å²) in [5, 5.41) is 7.42. The second kappa shape index (κ2) is 5.18. The summed E-state index contributed by atoms with van der Waals surface area (Å²) in [5.74, 6) is 1.12. The Balaban J connectivity index is 2.28. The Hall–Kier alpha value is -1.88. The Morgan fingerprint density at radius 2 is 1.94 bits per heavy atom. The van der Waals surface area contributed by atoms with Gasteiger partial charge < -0.3 is 10.5 Å². The molecule has 3 N–H and O–H groups in total. The molecule has 18 heavy (non-hydrogen) atoms. The van der Waals surface area contributed by atoms with E-state index in [4.69, 9.17) is 15.9 Å². The van der Waals surface area contributed by atoms with E-state index in [0.29, 0.717) is 17.2 Å². The molecule has 0 bridgehead atoms. The smallest absolute Gasteiger partial charge is 0.220 e. The largest absolute Gasteiger partial charge is 0.439 e. The molecule has 1 aromatic carbocycles. The number of hydrogen-bond acceptors (Lipinski definition) is 3. The first-order valence-corrected chi connectivity index (χ1v) is 6.10. The van der Waals surface area contributed by atoms with Crippen LogP contribution in [0.15, 0.2) is 40.9 Å². The van der Waals surface area contributed by atoms with Crippen molar-refractivity contribution in [3.05, 3.63) is 52.1 Å². The van der Waals surface area contributed by atoms with Crippen LogP contribution in [0.4, 0.5) is 0 Å². The van der Waals surface area contributed by atoms with Gasteiger partial charge in [-0.05, 0) is 37.3 Å². The molecule has 0 fully saturated rings. The molecular weight excluding hydrogens is 294 g/mol. The van der Waals surface area contributed by atoms with Gasteiger partial charge in [-0.3, -0.25) is 5.41 Å². The van der Waals surface area contributed by atoms with Crippen molar-refractivity contribution in [2.45, 2.75) is 6.92 Å². The molecule has 0 atom stereocenters. The van der Waals surface area contributed by atoms with Gasteiger partial charge in [0.2, 0.25) is 5.88 Å². The van der Waals surface area contributed by atoms with Crippen LogP contribution in [0.2, 0.25) is 0 Å². The Bertz CT molecular complexity index is 581. The van der Waals surface area contributed by atoms with Crippen LogP contribution in [0.25, 0.3) is 0 Å². The molecule has 1 heterocycles. The zero-order valence-electron chi connectivity index (χ0n) is 9.77. The Labute approximate surface area is 113 Å². The highest BCUT2D eigenvalue weighted by atomic mass is 79.9. The van der Waals surface area contributed by atoms with Gasteiger partial charge in [0.15, 0.2) is 0 Å². The van der Waals surface area contributed by atoms with E-state index in [1.165, 1.54) is 0 Å². The predicted octanol–water partition coefficient (Wildman–Crippen LogP) is 3.23. The summed E-state index contributed by atoms with van der Waals surface area (Å²) < 4.78 is 6.60. The van der Waals surface area contributed by atoms with E-state index in [-0.39, 0.29) is 5.84 Å². The number of nitrogens with one attached hydrogen (secondary N) is 1. The van der Waals surface area contributed by atoms with Crippen molar-refractivity contribution in [1.29, 1.82) is 5.41 Å². The fourth-order valence-corrected chi connectivity index (χ4v) is 1.73. The highest BCUT2D eigenvalue weighted by Crippen LogP contribution is 2.22. The Morgan fingerprint density at radius 1 is 1.28 bits per heavy atom. The number of nitrogens with zero attached hydrogens (tertiary/aromatic N) is 1. The molecule has 2 rings (SSSR count). The van der Waals surface area contributed by atoms with E-state index in [0.717, 1.165) is 10.2 Å². The number of aromatic nitrogens is 1. The quantitative estimate of drug-likeness (QED) is 0.675. The van der Waals surface area contributed by atoms with E-state index in [1.54, 1.807) is 12.1 Å². The van der Waals surface area contributed by atoms with Gasteiger partial charge in [-0.15, -0.1) is 0 Å². The summed E-state index contributed by atoms with van der Waals surface area (Å²) >= 11 is 3.36. The zero-order valence-corrected chi connectivity index (χ0v) is 11.4. The van der Waals surface area contributed by atoms with Crippen LogP contribution in [0.5, 0.6) is 11.6 Å². The molecule has 0 saturated carbocycles. The zero-order chi connectivity index (χ0) is 13.1. The lowest BCUT2D eigenvalue weighted by molar-refractivity contribution is 0.461. The molecule has 0 radical (unpaired) electrons. The van der Waals surface area contributed by atoms with Gasteiger partial charge in [0.05, 0.1) is 0 Å². The van der Waals surface area contributed by atoms with E-state index >= 15 is 0 Å². The number of pyridine rings is 1. The van der Waals surface area contributed by atoms with Gasteiger partial charge in [-0.25, -0.2) is 4.98 Å². The number of aryl methyl sites for hydroxylation is 1. The van der Waals surface area contributed by atoms with E-state index in [2.05, 4.69) is 20.9 Å². The number of nitrogens with two attached hydrogens (primary N) is 1. The molecule has 0 aliphatic carbocycles. The maximum atomic E-state index is 7.42. The third kappa shape index (κ3) is 3.07. The first-order valence-electron chi connectivity index (χ1n) is 5.31. The van der Waals surface area contributed by atoms with Gasteiger partial charge in [-0.2, -0.15) is 0 Å². The van der Waals surface area contributed by atoms with Gasteiger partial charge in [0.1, 0.15) is 11.6 Å². The molecular formula is C13H12BrN3O. The summed E-state index contributed by atoms with van der Waals surface area (Å²) in [5.41, 5.74) is 6.82. The van der Waals surface area contributed by atoms with Crippen LogP contribution in [0, 0.1) is 12.3 Å². The maximum absolute atomic E-state index is 7.42. The standard InChI is InChI=1S/C13H12BrN3O/c1-8-6-9(13(15)16)7-12(17-8)18-11-4-2-10(14)3-5-11/h2-7H,1H3,(H3,15,16). The first-order chi connectivity index (χ1) is 8.54. The van der Waals surface area contributed by atoms with E-state index in [9.17, 15) is 0 Å². The van der Waals surface area contributed by atoms with Crippen LogP contribution < -0.4 is 10.5 Å². The Morgan fingerprint density at radius 3 is 2.56 bits per heavy atom. The lowest BCUT2D eigenvalue weighted by atomic mass is 10.2. The minimum absolute atomic E-state index is 0.00107. The summed E-state index contributed by atoms with van der Waals surface area (Å²) in [6.07, 6.45) is 0. The number of benzene rings is 1. The molecule has 1 aromatic heterocycles. The third-order valence-corrected chi connectivity index (χ3v) is 2.81. The van der Waals surface area contributed by atoms with Crippen molar-refractivity contribution in [2.75, 3.05) is 0 Å². The Kier molecular flexibility index (Phi) is 3.62. The lowest BCUT2D eigenvalue weighted by Crippen LogP contribution is -2.11. The van der Waals surface area contributed by atoms with E-state index < -0.39 is 0 Å². The molecule has 92 valence electrons. The van der Waals surface area contributed by atoms with E-state index in [1.807, 2.05) is 31.2 Å². The molecule has 0 aliphatic rings. The van der Waals surface area contributed by atoms with Crippen LogP contribution in [0.3, 0.4) is 0 Å². The predicted molar refractivity (Wildman–Crippen MR) is 74.2 cm³/mol. The highest BCUT2D eigenvalue weighted by molar-refractivity contribution is 9.10. The monoisotopic (exact) mass is 305 g/mol. The number of ether oxygens (including phenoxy) is 1. The van der Waals surface area contributed by atoms with Crippen molar-refractivity contribution >= 4 is 21.8 Å². The number of rotatable bonds is 3. The van der Waals surface area contributed by atoms with Gasteiger partial charge in [-0.1, -0.05) is 15.9 Å². The third-order valence-electron chi connectivity index (χ3n) is 2.28. The van der Waals surface area contributed by atoms with Crippen molar-refractivity contribution in [1.82, 2.24) is 4.98 Å². The first kappa shape index (κ1) is 12.6. The summed E-state index contributed by atoms with van der Waals surface area (Å²) in [6.45, 7) is 1.83. The van der Waals surface area contributed by atoms with Gasteiger partial charge in [0, 0.05) is 21.8 Å². The highest BCUT2D eigenvalue weighted by Gasteiger charge is 2.04. The second-order valence-electron chi connectivity index (χ2n) is 3.81. The molecule has 0 aliphatic heterocycles. The molecule has 4 nitrogen and oxygen atoms in total. The van der Waals surface area contributed by atoms with Crippen molar-refractivity contribution in [3.63, 3.8) is 0 Å². The molecule has 5 heteroatoms. The number of nitrogen functional groups attached to an aromatic ring is 1. The lowest BCUT2D eigenvalue weighted by Gasteiger charge is -2.07.